The Bertz CT molecular complexity index is 2790. The average Bonchev–Trinajstić information content (AvgIpc) is 3.94. The van der Waals surface area contributed by atoms with Crippen LogP contribution >= 0.6 is 0 Å². The summed E-state index contributed by atoms with van der Waals surface area (Å²) in [5, 5.41) is 1.28. The zero-order valence-corrected chi connectivity index (χ0v) is 33.2. The smallest absolute Gasteiger partial charge is 0.396 e. The SMILES string of the molecule is CN1B(c2ccc3c(c2)C(C)(C)c2cc(B4N(C)c5c(c6ccccc6n5C)N4c4ccccc4)ccc2-3)N(c2ccccc2)C2=C1C(C)(C)c1ccccc12. The number of allylic oxidation sites excluding steroid dienone is 1. The van der Waals surface area contributed by atoms with Crippen molar-refractivity contribution in [3.8, 4) is 11.1 Å². The average molecular weight is 726 g/mol. The summed E-state index contributed by atoms with van der Waals surface area (Å²) in [7, 11) is 6.76. The summed E-state index contributed by atoms with van der Waals surface area (Å²) in [6, 6.07) is 54.3. The number of aromatic nitrogens is 1. The fourth-order valence-electron chi connectivity index (χ4n) is 11.0. The quantitative estimate of drug-likeness (QED) is 0.168. The summed E-state index contributed by atoms with van der Waals surface area (Å²) in [5.41, 5.74) is 18.1. The van der Waals surface area contributed by atoms with Crippen molar-refractivity contribution in [1.82, 2.24) is 9.38 Å². The van der Waals surface area contributed by atoms with Crippen LogP contribution in [0.2, 0.25) is 0 Å². The van der Waals surface area contributed by atoms with E-state index in [9.17, 15) is 0 Å². The first kappa shape index (κ1) is 33.3. The molecule has 0 fully saturated rings. The van der Waals surface area contributed by atoms with E-state index in [1.54, 1.807) is 0 Å². The predicted molar refractivity (Wildman–Crippen MR) is 238 cm³/mol. The Morgan fingerprint density at radius 1 is 0.464 bits per heavy atom. The Hall–Kier alpha value is -6.07. The Kier molecular flexibility index (Phi) is 6.83. The highest BCUT2D eigenvalue weighted by atomic mass is 15.3. The van der Waals surface area contributed by atoms with Gasteiger partial charge in [-0.05, 0) is 83.2 Å². The van der Waals surface area contributed by atoms with E-state index in [2.05, 4.69) is 218 Å². The van der Waals surface area contributed by atoms with E-state index >= 15 is 0 Å². The van der Waals surface area contributed by atoms with Crippen molar-refractivity contribution in [3.05, 3.63) is 174 Å². The minimum atomic E-state index is -0.193. The van der Waals surface area contributed by atoms with E-state index in [0.29, 0.717) is 0 Å². The summed E-state index contributed by atoms with van der Waals surface area (Å²) in [6.07, 6.45) is 0. The lowest BCUT2D eigenvalue weighted by atomic mass is 9.62. The highest BCUT2D eigenvalue weighted by molar-refractivity contribution is 6.83. The Balaban J connectivity index is 1.02. The lowest BCUT2D eigenvalue weighted by molar-refractivity contribution is 0.501. The van der Waals surface area contributed by atoms with Gasteiger partial charge < -0.3 is 23.8 Å². The Morgan fingerprint density at radius 3 is 1.64 bits per heavy atom. The molecule has 2 aliphatic heterocycles. The van der Waals surface area contributed by atoms with E-state index in [4.69, 9.17) is 0 Å². The lowest BCUT2D eigenvalue weighted by Gasteiger charge is -2.36. The van der Waals surface area contributed by atoms with Gasteiger partial charge in [0.2, 0.25) is 0 Å². The number of fused-ring (bicyclic) bond motifs is 8. The summed E-state index contributed by atoms with van der Waals surface area (Å²) in [6.45, 7) is 9.65. The van der Waals surface area contributed by atoms with Crippen LogP contribution in [-0.4, -0.2) is 37.4 Å². The molecule has 7 aromatic rings. The molecule has 6 aromatic carbocycles. The lowest BCUT2D eigenvalue weighted by Crippen LogP contribution is -2.54. The van der Waals surface area contributed by atoms with Gasteiger partial charge in [0.05, 0.1) is 16.9 Å². The molecule has 7 heteroatoms. The van der Waals surface area contributed by atoms with Crippen LogP contribution in [0.15, 0.2) is 151 Å². The maximum absolute atomic E-state index is 2.59. The third kappa shape index (κ3) is 4.23. The van der Waals surface area contributed by atoms with Gasteiger partial charge in [0.1, 0.15) is 5.82 Å². The molecule has 0 unspecified atom stereocenters. The number of para-hydroxylation sites is 3. The standard InChI is InChI=1S/C49H45B2N5/c1-48(2)41-30-32(50-53(6)46-44(55(50)34-18-10-8-11-19-34)38-22-14-16-24-40(38)49(46,3)4)26-28-36(41)37-29-27-33(31-42(37)48)51-54(7)47-45(56(51)35-20-12-9-13-21-35)39-23-15-17-25-43(39)52(47)5/h8-31H,1-7H3. The van der Waals surface area contributed by atoms with Gasteiger partial charge in [-0.2, -0.15) is 0 Å². The van der Waals surface area contributed by atoms with E-state index in [-0.39, 0.29) is 24.8 Å². The van der Waals surface area contributed by atoms with Gasteiger partial charge in [-0.3, -0.25) is 0 Å². The van der Waals surface area contributed by atoms with Crippen LogP contribution in [0.4, 0.5) is 22.9 Å². The van der Waals surface area contributed by atoms with Crippen LogP contribution in [0.5, 0.6) is 0 Å². The summed E-state index contributed by atoms with van der Waals surface area (Å²) < 4.78 is 2.36. The molecular weight excluding hydrogens is 680 g/mol. The van der Waals surface area contributed by atoms with Crippen LogP contribution in [0.3, 0.4) is 0 Å². The molecule has 0 saturated carbocycles. The highest BCUT2D eigenvalue weighted by Crippen LogP contribution is 2.54. The van der Waals surface area contributed by atoms with Gasteiger partial charge >= 0.3 is 14.0 Å². The number of nitrogens with zero attached hydrogens (tertiary/aromatic N) is 5. The van der Waals surface area contributed by atoms with Crippen molar-refractivity contribution in [1.29, 1.82) is 0 Å². The summed E-state index contributed by atoms with van der Waals surface area (Å²) >= 11 is 0. The van der Waals surface area contributed by atoms with Crippen LogP contribution in [0.25, 0.3) is 27.7 Å². The molecule has 0 bridgehead atoms. The van der Waals surface area contributed by atoms with Crippen LogP contribution < -0.4 is 25.4 Å². The first-order valence-corrected chi connectivity index (χ1v) is 19.9. The monoisotopic (exact) mass is 725 g/mol. The Morgan fingerprint density at radius 2 is 1.00 bits per heavy atom. The second-order valence-electron chi connectivity index (χ2n) is 17.2. The molecule has 0 saturated heterocycles. The van der Waals surface area contributed by atoms with E-state index in [1.807, 2.05) is 0 Å². The molecule has 0 spiro atoms. The summed E-state index contributed by atoms with van der Waals surface area (Å²) in [5.74, 6) is 1.24. The topological polar surface area (TPSA) is 17.9 Å². The van der Waals surface area contributed by atoms with Gasteiger partial charge in [-0.15, -0.1) is 0 Å². The number of anilines is 4. The van der Waals surface area contributed by atoms with Crippen LogP contribution in [-0.2, 0) is 17.9 Å². The number of rotatable bonds is 4. The zero-order chi connectivity index (χ0) is 38.2. The highest BCUT2D eigenvalue weighted by Gasteiger charge is 2.53. The third-order valence-electron chi connectivity index (χ3n) is 13.5. The van der Waals surface area contributed by atoms with Crippen molar-refractivity contribution in [2.24, 2.45) is 7.05 Å². The van der Waals surface area contributed by atoms with E-state index in [0.717, 1.165) is 0 Å². The molecule has 0 N–H and O–H groups in total. The fourth-order valence-corrected chi connectivity index (χ4v) is 11.0. The second kappa shape index (κ2) is 11.5. The first-order chi connectivity index (χ1) is 27.1. The molecule has 3 heterocycles. The minimum absolute atomic E-state index is 0.00448. The molecule has 56 heavy (non-hydrogen) atoms. The zero-order valence-electron chi connectivity index (χ0n) is 33.2. The largest absolute Gasteiger partial charge is 0.417 e. The molecule has 0 amide bonds. The number of benzene rings is 6. The van der Waals surface area contributed by atoms with E-state index in [1.165, 1.54) is 89.5 Å². The van der Waals surface area contributed by atoms with Crippen molar-refractivity contribution in [3.63, 3.8) is 0 Å². The first-order valence-electron chi connectivity index (χ1n) is 19.9. The molecule has 1 aromatic heterocycles. The van der Waals surface area contributed by atoms with Crippen molar-refractivity contribution in [2.45, 2.75) is 38.5 Å². The molecule has 0 atom stereocenters. The van der Waals surface area contributed by atoms with Crippen LogP contribution in [0.1, 0.15) is 49.9 Å². The number of likely N-dealkylation sites (N-methyl/N-ethyl adjacent to an activating group) is 1. The number of hydrogen-bond donors (Lipinski definition) is 0. The maximum Gasteiger partial charge on any atom is 0.417 e. The molecule has 2 aliphatic carbocycles. The van der Waals surface area contributed by atoms with Gasteiger partial charge in [0, 0.05) is 45.9 Å². The maximum atomic E-state index is 2.59. The van der Waals surface area contributed by atoms with Crippen molar-refractivity contribution >= 4 is 64.4 Å². The number of aryl methyl sites for hydroxylation is 1. The second-order valence-corrected chi connectivity index (χ2v) is 17.2. The third-order valence-corrected chi connectivity index (χ3v) is 13.5. The van der Waals surface area contributed by atoms with Gasteiger partial charge in [0.15, 0.2) is 0 Å². The normalized spacial score (nSPS) is 17.2. The predicted octanol–water partition coefficient (Wildman–Crippen LogP) is 9.28. The minimum Gasteiger partial charge on any atom is -0.396 e. The van der Waals surface area contributed by atoms with E-state index < -0.39 is 0 Å². The van der Waals surface area contributed by atoms with Gasteiger partial charge in [0.25, 0.3) is 0 Å². The summed E-state index contributed by atoms with van der Waals surface area (Å²) in [4.78, 5) is 10.2. The number of hydrogen-bond acceptors (Lipinski definition) is 4. The molecule has 11 rings (SSSR count). The van der Waals surface area contributed by atoms with Crippen LogP contribution in [0, 0.1) is 0 Å². The fraction of sp³-hybridized carbons (Fsp3) is 0.184. The van der Waals surface area contributed by atoms with Gasteiger partial charge in [-0.1, -0.05) is 143 Å². The van der Waals surface area contributed by atoms with Crippen molar-refractivity contribution < 1.29 is 0 Å². The Labute approximate surface area is 331 Å². The molecule has 5 nitrogen and oxygen atoms in total. The van der Waals surface area contributed by atoms with Crippen molar-refractivity contribution in [2.75, 3.05) is 28.5 Å². The molecule has 0 radical (unpaired) electrons. The van der Waals surface area contributed by atoms with Gasteiger partial charge in [-0.25, -0.2) is 0 Å². The molecule has 272 valence electrons. The molecular formula is C49H45B2N5. The molecule has 4 aliphatic rings.